The highest BCUT2D eigenvalue weighted by molar-refractivity contribution is 7.93. The Balaban J connectivity index is 1.92. The molecule has 0 spiro atoms. The topological polar surface area (TPSA) is 148 Å². The van der Waals surface area contributed by atoms with Crippen LogP contribution in [0.3, 0.4) is 0 Å². The average molecular weight is 520 g/mol. The van der Waals surface area contributed by atoms with Gasteiger partial charge in [0.15, 0.2) is 5.13 Å². The molecule has 2 unspecified atom stereocenters. The van der Waals surface area contributed by atoms with Crippen molar-refractivity contribution in [3.05, 3.63) is 63.6 Å². The second-order valence-corrected chi connectivity index (χ2v) is 11.3. The maximum atomic E-state index is 14.1. The third kappa shape index (κ3) is 4.22. The summed E-state index contributed by atoms with van der Waals surface area (Å²) < 4.78 is 29.2. The smallest absolute Gasteiger partial charge is 0.265 e. The Morgan fingerprint density at radius 3 is 2.62 bits per heavy atom. The summed E-state index contributed by atoms with van der Waals surface area (Å²) in [7, 11) is -4.32. The second kappa shape index (κ2) is 8.90. The van der Waals surface area contributed by atoms with E-state index in [1.807, 2.05) is 0 Å². The van der Waals surface area contributed by atoms with Crippen molar-refractivity contribution in [2.45, 2.75) is 31.2 Å². The van der Waals surface area contributed by atoms with Crippen molar-refractivity contribution < 1.29 is 18.0 Å². The molecule has 9 nitrogen and oxygen atoms in total. The van der Waals surface area contributed by atoms with Gasteiger partial charge in [0.25, 0.3) is 10.0 Å². The third-order valence-corrected chi connectivity index (χ3v) is 8.85. The summed E-state index contributed by atoms with van der Waals surface area (Å²) in [4.78, 5) is 30.5. The van der Waals surface area contributed by atoms with Crippen molar-refractivity contribution in [2.24, 2.45) is 11.7 Å². The Labute approximate surface area is 205 Å². The Kier molecular flexibility index (Phi) is 6.28. The van der Waals surface area contributed by atoms with Gasteiger partial charge in [-0.3, -0.25) is 13.9 Å². The largest absolute Gasteiger partial charge is 0.375 e. The van der Waals surface area contributed by atoms with Crippen molar-refractivity contribution in [3.63, 3.8) is 0 Å². The summed E-state index contributed by atoms with van der Waals surface area (Å²) in [5.74, 6) is -2.67. The van der Waals surface area contributed by atoms with Crippen LogP contribution in [0.2, 0.25) is 5.02 Å². The van der Waals surface area contributed by atoms with Crippen LogP contribution in [0.5, 0.6) is 0 Å². The number of carbonyl (C=O) groups excluding carboxylic acids is 2. The van der Waals surface area contributed by atoms with E-state index < -0.39 is 33.8 Å². The molecule has 0 bridgehead atoms. The van der Waals surface area contributed by atoms with Crippen LogP contribution in [0.1, 0.15) is 16.0 Å². The number of halogens is 1. The molecule has 2 amide bonds. The summed E-state index contributed by atoms with van der Waals surface area (Å²) >= 11 is 7.33. The van der Waals surface area contributed by atoms with Crippen LogP contribution in [0.25, 0.3) is 0 Å². The number of nitrogen functional groups attached to an aromatic ring is 1. The quantitative estimate of drug-likeness (QED) is 0.456. The highest BCUT2D eigenvalue weighted by atomic mass is 35.5. The zero-order valence-corrected chi connectivity index (χ0v) is 20.7. The number of thiazole rings is 1. The molecule has 2 atom stereocenters. The number of benzene rings is 2. The van der Waals surface area contributed by atoms with Crippen LogP contribution in [-0.4, -0.2) is 31.3 Å². The molecule has 5 N–H and O–H groups in total. The van der Waals surface area contributed by atoms with Gasteiger partial charge in [0.05, 0.1) is 22.2 Å². The number of para-hydroxylation sites is 2. The minimum Gasteiger partial charge on any atom is -0.375 e. The van der Waals surface area contributed by atoms with Gasteiger partial charge in [0, 0.05) is 16.1 Å². The van der Waals surface area contributed by atoms with Crippen molar-refractivity contribution >= 4 is 61.3 Å². The van der Waals surface area contributed by atoms with E-state index in [4.69, 9.17) is 23.1 Å². The summed E-state index contributed by atoms with van der Waals surface area (Å²) in [5.41, 5.74) is 12.9. The van der Waals surface area contributed by atoms with E-state index in [-0.39, 0.29) is 22.1 Å². The monoisotopic (exact) mass is 519 g/mol. The molecular weight excluding hydrogens is 498 g/mol. The van der Waals surface area contributed by atoms with E-state index >= 15 is 0 Å². The number of anilines is 3. The molecule has 0 saturated carbocycles. The fourth-order valence-corrected chi connectivity index (χ4v) is 6.92. The minimum atomic E-state index is -4.32. The van der Waals surface area contributed by atoms with E-state index in [2.05, 4.69) is 10.3 Å². The lowest BCUT2D eigenvalue weighted by Crippen LogP contribution is -2.57. The number of nitrogens with two attached hydrogens (primary N) is 2. The van der Waals surface area contributed by atoms with Crippen LogP contribution >= 0.6 is 22.9 Å². The van der Waals surface area contributed by atoms with Gasteiger partial charge in [-0.05, 0) is 55.7 Å². The molecule has 178 valence electrons. The Morgan fingerprint density at radius 2 is 1.97 bits per heavy atom. The summed E-state index contributed by atoms with van der Waals surface area (Å²) in [6.45, 7) is 3.31. The minimum absolute atomic E-state index is 0.00486. The van der Waals surface area contributed by atoms with Crippen LogP contribution in [-0.2, 0) is 26.0 Å². The SMILES string of the molecule is Cc1cc(S(=O)(=O)N2c3ccccc3NC(=O)C2C(Cc2cnc(N)s2)C(N)=O)c(C)cc1Cl. The third-order valence-electron chi connectivity index (χ3n) is 5.65. The molecule has 1 aromatic heterocycles. The van der Waals surface area contributed by atoms with Crippen molar-refractivity contribution in [2.75, 3.05) is 15.4 Å². The number of hydrogen-bond donors (Lipinski definition) is 3. The number of amides is 2. The number of primary amides is 1. The van der Waals surface area contributed by atoms with Gasteiger partial charge in [0.1, 0.15) is 6.04 Å². The molecule has 0 radical (unpaired) electrons. The Hall–Kier alpha value is -3.15. The summed E-state index contributed by atoms with van der Waals surface area (Å²) in [6.07, 6.45) is 1.48. The number of nitrogens with zero attached hydrogens (tertiary/aromatic N) is 2. The van der Waals surface area contributed by atoms with Gasteiger partial charge in [-0.25, -0.2) is 13.4 Å². The Bertz CT molecular complexity index is 1410. The first kappa shape index (κ1) is 24.0. The number of fused-ring (bicyclic) bond motifs is 1. The second-order valence-electron chi connectivity index (χ2n) is 8.00. The molecular formula is C22H22ClN5O4S2. The van der Waals surface area contributed by atoms with Crippen LogP contribution in [0, 0.1) is 19.8 Å². The summed E-state index contributed by atoms with van der Waals surface area (Å²) in [6, 6.07) is 8.07. The standard InChI is InChI=1S/C22H22ClN5O4S2/c1-11-8-18(12(2)7-15(11)23)34(31,32)28-17-6-4-3-5-16(17)27-21(30)19(28)14(20(24)29)9-13-10-26-22(25)33-13/h3-8,10,14,19H,9H2,1-2H3,(H2,24,29)(H2,25,26)(H,27,30). The first-order chi connectivity index (χ1) is 16.0. The first-order valence-corrected chi connectivity index (χ1v) is 12.8. The molecule has 1 aliphatic heterocycles. The van der Waals surface area contributed by atoms with Gasteiger partial charge >= 0.3 is 0 Å². The Morgan fingerprint density at radius 1 is 1.26 bits per heavy atom. The van der Waals surface area contributed by atoms with Gasteiger partial charge in [-0.2, -0.15) is 0 Å². The highest BCUT2D eigenvalue weighted by Gasteiger charge is 2.47. The van der Waals surface area contributed by atoms with Crippen molar-refractivity contribution in [1.29, 1.82) is 0 Å². The number of rotatable bonds is 6. The van der Waals surface area contributed by atoms with E-state index in [9.17, 15) is 18.0 Å². The van der Waals surface area contributed by atoms with Gasteiger partial charge in [0.2, 0.25) is 11.8 Å². The molecule has 3 aromatic rings. The van der Waals surface area contributed by atoms with E-state index in [1.54, 1.807) is 44.2 Å². The summed E-state index contributed by atoms with van der Waals surface area (Å²) in [5, 5.41) is 3.42. The number of aryl methyl sites for hydroxylation is 2. The number of nitrogens with one attached hydrogen (secondary N) is 1. The predicted molar refractivity (Wildman–Crippen MR) is 132 cm³/mol. The van der Waals surface area contributed by atoms with Gasteiger partial charge in [-0.1, -0.05) is 23.7 Å². The lowest BCUT2D eigenvalue weighted by Gasteiger charge is -2.40. The predicted octanol–water partition coefficient (Wildman–Crippen LogP) is 2.86. The molecule has 2 aromatic carbocycles. The number of aromatic nitrogens is 1. The van der Waals surface area contributed by atoms with Crippen molar-refractivity contribution in [3.8, 4) is 0 Å². The van der Waals surface area contributed by atoms with Crippen LogP contribution < -0.4 is 21.1 Å². The molecule has 4 rings (SSSR count). The maximum Gasteiger partial charge on any atom is 0.265 e. The highest BCUT2D eigenvalue weighted by Crippen LogP contribution is 2.40. The molecule has 12 heteroatoms. The fourth-order valence-electron chi connectivity index (χ4n) is 4.00. The zero-order chi connectivity index (χ0) is 24.8. The number of carbonyl (C=O) groups is 2. The lowest BCUT2D eigenvalue weighted by molar-refractivity contribution is -0.127. The van der Waals surface area contributed by atoms with E-state index in [0.29, 0.717) is 26.7 Å². The maximum absolute atomic E-state index is 14.1. The normalized spacial score (nSPS) is 16.6. The molecule has 0 aliphatic carbocycles. The van der Waals surface area contributed by atoms with Crippen molar-refractivity contribution in [1.82, 2.24) is 4.98 Å². The molecule has 2 heterocycles. The first-order valence-electron chi connectivity index (χ1n) is 10.2. The molecule has 1 aliphatic rings. The van der Waals surface area contributed by atoms with E-state index in [0.717, 1.165) is 15.6 Å². The molecule has 34 heavy (non-hydrogen) atoms. The van der Waals surface area contributed by atoms with Gasteiger partial charge in [-0.15, -0.1) is 11.3 Å². The fraction of sp³-hybridized carbons (Fsp3) is 0.227. The van der Waals surface area contributed by atoms with Gasteiger partial charge < -0.3 is 16.8 Å². The van der Waals surface area contributed by atoms with Crippen LogP contribution in [0.4, 0.5) is 16.5 Å². The number of hydrogen-bond acceptors (Lipinski definition) is 7. The van der Waals surface area contributed by atoms with Crippen LogP contribution in [0.15, 0.2) is 47.5 Å². The molecule has 0 fully saturated rings. The lowest BCUT2D eigenvalue weighted by atomic mass is 9.92. The van der Waals surface area contributed by atoms with E-state index in [1.165, 1.54) is 12.3 Å². The number of sulfonamides is 1. The average Bonchev–Trinajstić information content (AvgIpc) is 3.18. The molecule has 0 saturated heterocycles. The zero-order valence-electron chi connectivity index (χ0n) is 18.3.